The molecule has 0 aliphatic carbocycles. The van der Waals surface area contributed by atoms with E-state index in [4.69, 9.17) is 0 Å². The van der Waals surface area contributed by atoms with Crippen LogP contribution in [-0.4, -0.2) is 35.0 Å². The number of nitrogens with zero attached hydrogens (tertiary/aromatic N) is 2. The molecule has 1 aliphatic heterocycles. The van der Waals surface area contributed by atoms with Gasteiger partial charge in [0.1, 0.15) is 0 Å². The number of rotatable bonds is 4. The maximum Gasteiger partial charge on any atom is 0.317 e. The number of likely N-dealkylation sites (tertiary alicyclic amines) is 1. The van der Waals surface area contributed by atoms with Gasteiger partial charge in [0.2, 0.25) is 0 Å². The Labute approximate surface area is 125 Å². The summed E-state index contributed by atoms with van der Waals surface area (Å²) < 4.78 is 0. The van der Waals surface area contributed by atoms with Gasteiger partial charge in [-0.1, -0.05) is 13.8 Å². The molecule has 1 fully saturated rings. The molecule has 2 rings (SSSR count). The maximum atomic E-state index is 12.1. The summed E-state index contributed by atoms with van der Waals surface area (Å²) in [5.74, 6) is 0.484. The van der Waals surface area contributed by atoms with Crippen LogP contribution in [0.2, 0.25) is 0 Å². The minimum atomic E-state index is 0.0801. The van der Waals surface area contributed by atoms with Crippen molar-refractivity contribution in [3.05, 3.63) is 16.1 Å². The smallest absolute Gasteiger partial charge is 0.317 e. The molecular formula is C15H25N3OS. The number of amides is 2. The predicted molar refractivity (Wildman–Crippen MR) is 83.3 cm³/mol. The zero-order valence-corrected chi connectivity index (χ0v) is 13.5. The topological polar surface area (TPSA) is 45.2 Å². The molecule has 1 unspecified atom stereocenters. The summed E-state index contributed by atoms with van der Waals surface area (Å²) >= 11 is 1.71. The predicted octanol–water partition coefficient (Wildman–Crippen LogP) is 3.39. The number of urea groups is 1. The van der Waals surface area contributed by atoms with E-state index >= 15 is 0 Å². The molecule has 1 atom stereocenters. The maximum absolute atomic E-state index is 12.1. The fourth-order valence-corrected chi connectivity index (χ4v) is 3.37. The Morgan fingerprint density at radius 3 is 3.00 bits per heavy atom. The lowest BCUT2D eigenvalue weighted by Crippen LogP contribution is -2.47. The normalized spacial score (nSPS) is 19.4. The van der Waals surface area contributed by atoms with Crippen LogP contribution in [-0.2, 0) is 6.42 Å². The van der Waals surface area contributed by atoms with Gasteiger partial charge >= 0.3 is 6.03 Å². The molecule has 112 valence electrons. The Morgan fingerprint density at radius 2 is 2.35 bits per heavy atom. The highest BCUT2D eigenvalue weighted by Crippen LogP contribution is 2.19. The number of aromatic nitrogens is 1. The minimum Gasteiger partial charge on any atom is -0.338 e. The molecule has 0 bridgehead atoms. The van der Waals surface area contributed by atoms with Crippen LogP contribution in [0.4, 0.5) is 4.79 Å². The lowest BCUT2D eigenvalue weighted by molar-refractivity contribution is 0.158. The molecule has 1 aliphatic rings. The van der Waals surface area contributed by atoms with Crippen LogP contribution in [0.1, 0.15) is 56.7 Å². The van der Waals surface area contributed by atoms with Gasteiger partial charge in [-0.15, -0.1) is 11.3 Å². The van der Waals surface area contributed by atoms with Gasteiger partial charge < -0.3 is 10.2 Å². The van der Waals surface area contributed by atoms with Crippen molar-refractivity contribution >= 4 is 17.4 Å². The van der Waals surface area contributed by atoms with E-state index in [0.717, 1.165) is 31.5 Å². The largest absolute Gasteiger partial charge is 0.338 e. The van der Waals surface area contributed by atoms with Gasteiger partial charge in [0, 0.05) is 36.9 Å². The molecule has 1 aromatic heterocycles. The van der Waals surface area contributed by atoms with E-state index in [2.05, 4.69) is 36.5 Å². The summed E-state index contributed by atoms with van der Waals surface area (Å²) in [4.78, 5) is 18.7. The first-order chi connectivity index (χ1) is 9.58. The molecule has 0 spiro atoms. The monoisotopic (exact) mass is 295 g/mol. The molecule has 2 amide bonds. The molecule has 1 N–H and O–H groups in total. The second kappa shape index (κ2) is 7.07. The van der Waals surface area contributed by atoms with E-state index in [1.54, 1.807) is 11.3 Å². The third kappa shape index (κ3) is 3.95. The summed E-state index contributed by atoms with van der Waals surface area (Å²) in [5.41, 5.74) is 1.09. The molecular weight excluding hydrogens is 270 g/mol. The summed E-state index contributed by atoms with van der Waals surface area (Å²) in [7, 11) is 0. The van der Waals surface area contributed by atoms with Crippen molar-refractivity contribution in [2.45, 2.75) is 58.4 Å². The van der Waals surface area contributed by atoms with Crippen molar-refractivity contribution < 1.29 is 4.79 Å². The third-order valence-electron chi connectivity index (χ3n) is 3.78. The highest BCUT2D eigenvalue weighted by atomic mass is 32.1. The zero-order valence-electron chi connectivity index (χ0n) is 12.7. The quantitative estimate of drug-likeness (QED) is 0.925. The van der Waals surface area contributed by atoms with Crippen molar-refractivity contribution in [1.82, 2.24) is 15.2 Å². The van der Waals surface area contributed by atoms with Crippen LogP contribution in [0.25, 0.3) is 0 Å². The average Bonchev–Trinajstić information content (AvgIpc) is 2.88. The second-order valence-electron chi connectivity index (χ2n) is 5.85. The Balaban J connectivity index is 1.75. The van der Waals surface area contributed by atoms with Crippen LogP contribution in [0.15, 0.2) is 5.38 Å². The summed E-state index contributed by atoms with van der Waals surface area (Å²) in [6.07, 6.45) is 4.30. The van der Waals surface area contributed by atoms with Gasteiger partial charge in [-0.05, 0) is 26.2 Å². The van der Waals surface area contributed by atoms with Gasteiger partial charge in [-0.25, -0.2) is 9.78 Å². The van der Waals surface area contributed by atoms with Gasteiger partial charge in [-0.3, -0.25) is 0 Å². The highest BCUT2D eigenvalue weighted by molar-refractivity contribution is 7.09. The van der Waals surface area contributed by atoms with Crippen LogP contribution in [0, 0.1) is 0 Å². The van der Waals surface area contributed by atoms with Crippen LogP contribution < -0.4 is 5.32 Å². The zero-order chi connectivity index (χ0) is 14.5. The Bertz CT molecular complexity index is 444. The molecule has 0 aromatic carbocycles. The summed E-state index contributed by atoms with van der Waals surface area (Å²) in [6.45, 7) is 8.00. The molecule has 4 nitrogen and oxygen atoms in total. The lowest BCUT2D eigenvalue weighted by atomic mass is 10.0. The fourth-order valence-electron chi connectivity index (χ4n) is 2.50. The van der Waals surface area contributed by atoms with Gasteiger partial charge in [-0.2, -0.15) is 0 Å². The summed E-state index contributed by atoms with van der Waals surface area (Å²) in [6, 6.07) is 0.451. The highest BCUT2D eigenvalue weighted by Gasteiger charge is 2.22. The fraction of sp³-hybridized carbons (Fsp3) is 0.733. The van der Waals surface area contributed by atoms with Crippen molar-refractivity contribution in [2.75, 3.05) is 13.1 Å². The van der Waals surface area contributed by atoms with E-state index < -0.39 is 0 Å². The molecule has 20 heavy (non-hydrogen) atoms. The van der Waals surface area contributed by atoms with Crippen molar-refractivity contribution in [3.63, 3.8) is 0 Å². The van der Waals surface area contributed by atoms with Crippen LogP contribution in [0.3, 0.4) is 0 Å². The molecule has 1 saturated heterocycles. The molecule has 1 aromatic rings. The van der Waals surface area contributed by atoms with E-state index in [9.17, 15) is 4.79 Å². The first-order valence-corrected chi connectivity index (χ1v) is 8.44. The van der Waals surface area contributed by atoms with Crippen LogP contribution >= 0.6 is 11.3 Å². The molecule has 0 saturated carbocycles. The number of carbonyl (C=O) groups is 1. The number of hydrogen-bond acceptors (Lipinski definition) is 3. The minimum absolute atomic E-state index is 0.0801. The van der Waals surface area contributed by atoms with Crippen molar-refractivity contribution in [1.29, 1.82) is 0 Å². The number of piperidine rings is 1. The first-order valence-electron chi connectivity index (χ1n) is 7.56. The standard InChI is InChI=1S/C15H25N3OS/c1-11(2)14-17-13(10-20-14)7-8-16-15(19)18-9-5-4-6-12(18)3/h10-12H,4-9H2,1-3H3,(H,16,19). The van der Waals surface area contributed by atoms with Gasteiger partial charge in [0.15, 0.2) is 0 Å². The number of nitrogens with one attached hydrogen (secondary N) is 1. The number of thiazole rings is 1. The second-order valence-corrected chi connectivity index (χ2v) is 6.74. The van der Waals surface area contributed by atoms with E-state index in [0.29, 0.717) is 18.5 Å². The number of hydrogen-bond donors (Lipinski definition) is 1. The molecule has 0 radical (unpaired) electrons. The van der Waals surface area contributed by atoms with E-state index in [-0.39, 0.29) is 6.03 Å². The summed E-state index contributed by atoms with van der Waals surface area (Å²) in [5, 5.41) is 6.30. The molecule has 5 heteroatoms. The van der Waals surface area contributed by atoms with E-state index in [1.165, 1.54) is 11.4 Å². The lowest BCUT2D eigenvalue weighted by Gasteiger charge is -2.33. The third-order valence-corrected chi connectivity index (χ3v) is 4.98. The first kappa shape index (κ1) is 15.3. The van der Waals surface area contributed by atoms with Crippen LogP contribution in [0.5, 0.6) is 0 Å². The molecule has 2 heterocycles. The number of carbonyl (C=O) groups excluding carboxylic acids is 1. The van der Waals surface area contributed by atoms with Crippen molar-refractivity contribution in [3.8, 4) is 0 Å². The van der Waals surface area contributed by atoms with E-state index in [1.807, 2.05) is 4.90 Å². The SMILES string of the molecule is CC(C)c1nc(CCNC(=O)N2CCCCC2C)cs1. The Morgan fingerprint density at radius 1 is 1.55 bits per heavy atom. The van der Waals surface area contributed by atoms with Gasteiger partial charge in [0.05, 0.1) is 10.7 Å². The van der Waals surface area contributed by atoms with Gasteiger partial charge in [0.25, 0.3) is 0 Å². The Kier molecular flexibility index (Phi) is 5.40. The Hall–Kier alpha value is -1.10. The average molecular weight is 295 g/mol. The van der Waals surface area contributed by atoms with Crippen molar-refractivity contribution in [2.24, 2.45) is 0 Å².